The molecule has 0 spiro atoms. The topological polar surface area (TPSA) is 17.1 Å². The van der Waals surface area contributed by atoms with Crippen molar-refractivity contribution in [1.82, 2.24) is 0 Å². The van der Waals surface area contributed by atoms with Gasteiger partial charge in [0.05, 0.1) is 0 Å². The van der Waals surface area contributed by atoms with E-state index in [1.54, 1.807) is 0 Å². The van der Waals surface area contributed by atoms with Gasteiger partial charge in [0.1, 0.15) is 5.78 Å². The van der Waals surface area contributed by atoms with Crippen molar-refractivity contribution in [2.45, 2.75) is 27.2 Å². The molecule has 1 nitrogen and oxygen atoms in total. The molecule has 0 aromatic heterocycles. The normalized spacial score (nSPS) is 7.00. The predicted molar refractivity (Wildman–Crippen MR) is 45.5 cm³/mol. The summed E-state index contributed by atoms with van der Waals surface area (Å²) in [6.07, 6.45) is 1.31. The quantitative estimate of drug-likeness (QED) is 0.497. The van der Waals surface area contributed by atoms with Crippen molar-refractivity contribution in [3.63, 3.8) is 0 Å². The lowest BCUT2D eigenvalue weighted by Gasteiger charge is -1.66. The van der Waals surface area contributed by atoms with Crippen LogP contribution >= 0.6 is 22.6 Å². The molecule has 0 saturated carbocycles. The lowest BCUT2D eigenvalue weighted by molar-refractivity contribution is -0.114. The molecule has 50 valence electrons. The molecule has 8 heavy (non-hydrogen) atoms. The van der Waals surface area contributed by atoms with Gasteiger partial charge in [-0.15, -0.1) is 0 Å². The van der Waals surface area contributed by atoms with E-state index in [1.807, 2.05) is 0 Å². The standard InChI is InChI=1S/C3H7I.C3H6O/c1-2-3-4;1-3(2)4/h2-3H2,1H3;1-2H3. The Balaban J connectivity index is 0. The molecular formula is C6H13IO. The predicted octanol–water partition coefficient (Wildman–Crippen LogP) is 2.43. The van der Waals surface area contributed by atoms with E-state index in [9.17, 15) is 4.79 Å². The Morgan fingerprint density at radius 1 is 1.50 bits per heavy atom. The van der Waals surface area contributed by atoms with Crippen LogP contribution in [-0.2, 0) is 4.79 Å². The lowest BCUT2D eigenvalue weighted by atomic mass is 10.6. The number of ketones is 1. The molecule has 0 N–H and O–H groups in total. The number of hydrogen-bond donors (Lipinski definition) is 0. The first-order chi connectivity index (χ1) is 3.65. The Kier molecular flexibility index (Phi) is 14.6. The molecule has 0 aromatic carbocycles. The summed E-state index contributed by atoms with van der Waals surface area (Å²) in [7, 11) is 0. The SMILES string of the molecule is CC(C)=O.CCCI. The van der Waals surface area contributed by atoms with Crippen LogP contribution in [0.2, 0.25) is 0 Å². The van der Waals surface area contributed by atoms with E-state index in [4.69, 9.17) is 0 Å². The second-order valence-corrected chi connectivity index (χ2v) is 2.68. The van der Waals surface area contributed by atoms with E-state index in [2.05, 4.69) is 29.5 Å². The van der Waals surface area contributed by atoms with Crippen molar-refractivity contribution in [3.05, 3.63) is 0 Å². The van der Waals surface area contributed by atoms with Crippen molar-refractivity contribution < 1.29 is 4.79 Å². The van der Waals surface area contributed by atoms with E-state index in [0.29, 0.717) is 0 Å². The maximum atomic E-state index is 9.44. The van der Waals surface area contributed by atoms with E-state index < -0.39 is 0 Å². The minimum atomic E-state index is 0.167. The molecule has 0 amide bonds. The fraction of sp³-hybridized carbons (Fsp3) is 0.833. The zero-order valence-electron chi connectivity index (χ0n) is 5.70. The van der Waals surface area contributed by atoms with Crippen molar-refractivity contribution >= 4 is 28.4 Å². The van der Waals surface area contributed by atoms with Crippen LogP contribution in [0.3, 0.4) is 0 Å². The smallest absolute Gasteiger partial charge is 0.126 e. The van der Waals surface area contributed by atoms with Crippen LogP contribution in [0.4, 0.5) is 0 Å². The minimum Gasteiger partial charge on any atom is -0.300 e. The molecule has 0 aliphatic carbocycles. The van der Waals surface area contributed by atoms with Gasteiger partial charge in [-0.1, -0.05) is 29.5 Å². The fourth-order valence-corrected chi connectivity index (χ4v) is 0. The summed E-state index contributed by atoms with van der Waals surface area (Å²) in [4.78, 5) is 9.44. The Bertz CT molecular complexity index is 46.5. The first-order valence-corrected chi connectivity index (χ1v) is 4.20. The highest BCUT2D eigenvalue weighted by Crippen LogP contribution is 1.81. The summed E-state index contributed by atoms with van der Waals surface area (Å²) >= 11 is 2.35. The molecule has 0 bridgehead atoms. The summed E-state index contributed by atoms with van der Waals surface area (Å²) in [5.41, 5.74) is 0. The lowest BCUT2D eigenvalue weighted by Crippen LogP contribution is -1.69. The van der Waals surface area contributed by atoms with Crippen LogP contribution in [0.15, 0.2) is 0 Å². The number of carbonyl (C=O) groups is 1. The van der Waals surface area contributed by atoms with Gasteiger partial charge in [0.25, 0.3) is 0 Å². The van der Waals surface area contributed by atoms with Crippen LogP contribution in [0.5, 0.6) is 0 Å². The number of rotatable bonds is 1. The first-order valence-electron chi connectivity index (χ1n) is 2.68. The Hall–Kier alpha value is 0.400. The van der Waals surface area contributed by atoms with E-state index in [1.165, 1.54) is 24.7 Å². The van der Waals surface area contributed by atoms with E-state index in [0.717, 1.165) is 0 Å². The number of hydrogen-bond acceptors (Lipinski definition) is 1. The van der Waals surface area contributed by atoms with Gasteiger partial charge in [0, 0.05) is 0 Å². The molecule has 0 rings (SSSR count). The maximum absolute atomic E-state index is 9.44. The number of carbonyl (C=O) groups excluding carboxylic acids is 1. The average molecular weight is 228 g/mol. The zero-order chi connectivity index (χ0) is 6.99. The van der Waals surface area contributed by atoms with Crippen molar-refractivity contribution in [2.75, 3.05) is 4.43 Å². The highest BCUT2D eigenvalue weighted by Gasteiger charge is 1.62. The zero-order valence-corrected chi connectivity index (χ0v) is 7.86. The van der Waals surface area contributed by atoms with Crippen molar-refractivity contribution in [2.24, 2.45) is 0 Å². The summed E-state index contributed by atoms with van der Waals surface area (Å²) in [6.45, 7) is 5.23. The molecule has 0 saturated heterocycles. The highest BCUT2D eigenvalue weighted by molar-refractivity contribution is 14.1. The van der Waals surface area contributed by atoms with Crippen LogP contribution < -0.4 is 0 Å². The van der Waals surface area contributed by atoms with Gasteiger partial charge in [0.2, 0.25) is 0 Å². The Morgan fingerprint density at radius 2 is 1.62 bits per heavy atom. The fourth-order valence-electron chi connectivity index (χ4n) is 0. The molecule has 0 aromatic rings. The summed E-state index contributed by atoms with van der Waals surface area (Å²) < 4.78 is 1.29. The molecule has 0 fully saturated rings. The van der Waals surface area contributed by atoms with Crippen LogP contribution in [0.25, 0.3) is 0 Å². The molecule has 0 atom stereocenters. The van der Waals surface area contributed by atoms with Gasteiger partial charge in [-0.2, -0.15) is 0 Å². The van der Waals surface area contributed by atoms with E-state index in [-0.39, 0.29) is 5.78 Å². The van der Waals surface area contributed by atoms with Crippen LogP contribution in [0.1, 0.15) is 27.2 Å². The molecule has 0 unspecified atom stereocenters. The minimum absolute atomic E-state index is 0.167. The van der Waals surface area contributed by atoms with Crippen LogP contribution in [-0.4, -0.2) is 10.2 Å². The Labute approximate surface area is 65.0 Å². The summed E-state index contributed by atoms with van der Waals surface area (Å²) in [6, 6.07) is 0. The number of halogens is 1. The van der Waals surface area contributed by atoms with Gasteiger partial charge in [0.15, 0.2) is 0 Å². The number of alkyl halides is 1. The van der Waals surface area contributed by atoms with Crippen LogP contribution in [0, 0.1) is 0 Å². The summed E-state index contributed by atoms with van der Waals surface area (Å²) in [5, 5.41) is 0. The largest absolute Gasteiger partial charge is 0.300 e. The Morgan fingerprint density at radius 3 is 1.62 bits per heavy atom. The van der Waals surface area contributed by atoms with Gasteiger partial charge in [-0.05, 0) is 24.7 Å². The second kappa shape index (κ2) is 10.4. The maximum Gasteiger partial charge on any atom is 0.126 e. The third-order valence-electron chi connectivity index (χ3n) is 0.189. The molecule has 0 heterocycles. The average Bonchev–Trinajstić information content (AvgIpc) is 1.65. The van der Waals surface area contributed by atoms with Crippen molar-refractivity contribution in [3.8, 4) is 0 Å². The van der Waals surface area contributed by atoms with Gasteiger partial charge in [-0.25, -0.2) is 0 Å². The molecule has 2 heteroatoms. The molecule has 0 radical (unpaired) electrons. The van der Waals surface area contributed by atoms with E-state index >= 15 is 0 Å². The second-order valence-electron chi connectivity index (χ2n) is 1.60. The molecule has 0 aliphatic rings. The third-order valence-corrected chi connectivity index (χ3v) is 1.27. The molecule has 0 aliphatic heterocycles. The first kappa shape index (κ1) is 11.2. The van der Waals surface area contributed by atoms with Gasteiger partial charge < -0.3 is 4.79 Å². The monoisotopic (exact) mass is 228 g/mol. The highest BCUT2D eigenvalue weighted by atomic mass is 127. The summed E-state index contributed by atoms with van der Waals surface area (Å²) in [5.74, 6) is 0.167. The van der Waals surface area contributed by atoms with Gasteiger partial charge in [-0.3, -0.25) is 0 Å². The van der Waals surface area contributed by atoms with Gasteiger partial charge >= 0.3 is 0 Å². The third kappa shape index (κ3) is 95.2. The van der Waals surface area contributed by atoms with Crippen molar-refractivity contribution in [1.29, 1.82) is 0 Å². The number of Topliss-reactive ketones (excluding diaryl/α,β-unsaturated/α-hetero) is 1. The molecular weight excluding hydrogens is 215 g/mol.